The van der Waals surface area contributed by atoms with Crippen LogP contribution in [-0.4, -0.2) is 66.7 Å². The minimum atomic E-state index is -0.276. The highest BCUT2D eigenvalue weighted by molar-refractivity contribution is 9.09. The van der Waals surface area contributed by atoms with E-state index < -0.39 is 0 Å². The van der Waals surface area contributed by atoms with Gasteiger partial charge in [-0.1, -0.05) is 40.2 Å². The van der Waals surface area contributed by atoms with Crippen LogP contribution in [0.15, 0.2) is 36.4 Å². The number of nitrogens with one attached hydrogen (secondary N) is 2. The van der Waals surface area contributed by atoms with Gasteiger partial charge in [-0.25, -0.2) is 0 Å². The topological polar surface area (TPSA) is 105 Å². The molecule has 3 heterocycles. The Labute approximate surface area is 225 Å². The molecule has 1 saturated heterocycles. The molecule has 2 N–H and O–H groups in total. The molecule has 2 aromatic carbocycles. The highest BCUT2D eigenvalue weighted by Gasteiger charge is 2.29. The smallest absolute Gasteiger partial charge is 0.259 e. The largest absolute Gasteiger partial charge is 0.379 e. The lowest BCUT2D eigenvalue weighted by atomic mass is 9.98. The van der Waals surface area contributed by atoms with Gasteiger partial charge in [-0.3, -0.25) is 34.7 Å². The summed E-state index contributed by atoms with van der Waals surface area (Å²) in [5, 5.41) is 5.66. The van der Waals surface area contributed by atoms with Gasteiger partial charge in [0.05, 0.1) is 35.5 Å². The molecule has 0 bridgehead atoms. The van der Waals surface area contributed by atoms with Crippen molar-refractivity contribution in [3.63, 3.8) is 0 Å². The third-order valence-corrected chi connectivity index (χ3v) is 7.36. The molecule has 0 saturated carbocycles. The quantitative estimate of drug-likeness (QED) is 0.272. The lowest BCUT2D eigenvalue weighted by Gasteiger charge is -2.26. The number of amides is 4. The maximum absolute atomic E-state index is 11.8. The Kier molecular flexibility index (Phi) is 9.60. The summed E-state index contributed by atoms with van der Waals surface area (Å²) in [6, 6.07) is 11.0. The monoisotopic (exact) mass is 569 g/mol. The molecule has 37 heavy (non-hydrogen) atoms. The number of aryl methyl sites for hydroxylation is 2. The highest BCUT2D eigenvalue weighted by Crippen LogP contribution is 2.22. The Morgan fingerprint density at radius 3 is 1.73 bits per heavy atom. The van der Waals surface area contributed by atoms with Crippen molar-refractivity contribution in [2.24, 2.45) is 0 Å². The van der Waals surface area contributed by atoms with Gasteiger partial charge in [0.1, 0.15) is 0 Å². The molecular weight excluding hydrogens is 538 g/mol. The summed E-state index contributed by atoms with van der Waals surface area (Å²) in [4.78, 5) is 48.9. The van der Waals surface area contributed by atoms with E-state index in [2.05, 4.69) is 31.5 Å². The van der Waals surface area contributed by atoms with E-state index in [0.717, 1.165) is 87.8 Å². The Hall–Kier alpha value is -2.88. The fraction of sp³-hybridized carbons (Fsp3) is 0.429. The van der Waals surface area contributed by atoms with E-state index >= 15 is 0 Å². The number of morpholine rings is 1. The van der Waals surface area contributed by atoms with Crippen LogP contribution < -0.4 is 10.6 Å². The first-order valence-corrected chi connectivity index (χ1v) is 13.9. The number of nitrogens with zero attached hydrogens (tertiary/aromatic N) is 1. The Balaban J connectivity index is 0.000000180. The number of carbonyl (C=O) groups is 4. The first kappa shape index (κ1) is 27.2. The van der Waals surface area contributed by atoms with E-state index in [0.29, 0.717) is 22.3 Å². The third kappa shape index (κ3) is 6.71. The molecule has 9 heteroatoms. The van der Waals surface area contributed by atoms with Crippen LogP contribution in [-0.2, 0) is 17.6 Å². The number of imide groups is 2. The Morgan fingerprint density at radius 1 is 0.703 bits per heavy atom. The average molecular weight is 570 g/mol. The first-order valence-electron chi connectivity index (χ1n) is 12.8. The number of carbonyl (C=O) groups excluding carboxylic acids is 4. The zero-order chi connectivity index (χ0) is 26.2. The minimum Gasteiger partial charge on any atom is -0.379 e. The summed E-state index contributed by atoms with van der Waals surface area (Å²) in [7, 11) is 0. The van der Waals surface area contributed by atoms with E-state index in [-0.39, 0.29) is 23.6 Å². The summed E-state index contributed by atoms with van der Waals surface area (Å²) in [5.74, 6) is -1.05. The van der Waals surface area contributed by atoms with Crippen molar-refractivity contribution in [2.75, 3.05) is 38.2 Å². The number of hydrogen-bond acceptors (Lipinski definition) is 6. The number of halogens is 1. The van der Waals surface area contributed by atoms with Crippen molar-refractivity contribution in [3.05, 3.63) is 69.8 Å². The maximum Gasteiger partial charge on any atom is 0.259 e. The predicted octanol–water partition coefficient (Wildman–Crippen LogP) is 3.51. The molecule has 0 spiro atoms. The molecule has 0 aliphatic carbocycles. The SMILES string of the molecule is O=C1NC(=O)c2c(CCCCBr)cccc21.O=C1NC(=O)c2c(CCCCN3CCOCC3)cccc21. The minimum absolute atomic E-state index is 0.251. The Bertz CT molecular complexity index is 1180. The van der Waals surface area contributed by atoms with E-state index in [4.69, 9.17) is 4.74 Å². The van der Waals surface area contributed by atoms with Crippen LogP contribution in [0.25, 0.3) is 0 Å². The summed E-state index contributed by atoms with van der Waals surface area (Å²) in [6.45, 7) is 4.75. The van der Waals surface area contributed by atoms with Gasteiger partial charge in [0.25, 0.3) is 23.6 Å². The van der Waals surface area contributed by atoms with E-state index in [1.807, 2.05) is 24.3 Å². The van der Waals surface area contributed by atoms with Crippen molar-refractivity contribution < 1.29 is 23.9 Å². The fourth-order valence-corrected chi connectivity index (χ4v) is 5.28. The van der Waals surface area contributed by atoms with E-state index in [1.165, 1.54) is 0 Å². The maximum atomic E-state index is 11.8. The van der Waals surface area contributed by atoms with Crippen LogP contribution in [0.1, 0.15) is 78.2 Å². The summed E-state index contributed by atoms with van der Waals surface area (Å²) in [5.41, 5.74) is 4.14. The zero-order valence-electron chi connectivity index (χ0n) is 20.8. The average Bonchev–Trinajstić information content (AvgIpc) is 3.37. The molecule has 8 nitrogen and oxygen atoms in total. The molecular formula is C28H32BrN3O5. The van der Waals surface area contributed by atoms with Crippen molar-refractivity contribution in [1.29, 1.82) is 0 Å². The summed E-state index contributed by atoms with van der Waals surface area (Å²) < 4.78 is 5.33. The lowest BCUT2D eigenvalue weighted by Crippen LogP contribution is -2.36. The molecule has 1 fully saturated rings. The van der Waals surface area contributed by atoms with Gasteiger partial charge in [0.2, 0.25) is 0 Å². The number of hydrogen-bond donors (Lipinski definition) is 2. The van der Waals surface area contributed by atoms with Gasteiger partial charge in [-0.2, -0.15) is 0 Å². The lowest BCUT2D eigenvalue weighted by molar-refractivity contribution is 0.0372. The molecule has 4 amide bonds. The van der Waals surface area contributed by atoms with E-state index in [1.54, 1.807) is 12.1 Å². The highest BCUT2D eigenvalue weighted by atomic mass is 79.9. The zero-order valence-corrected chi connectivity index (χ0v) is 22.4. The standard InChI is InChI=1S/C16H20N2O3.C12H12BrNO2/c19-15-13-6-3-5-12(14(13)16(20)17-15)4-1-2-7-18-8-10-21-11-9-18;13-7-2-1-4-8-5-3-6-9-10(8)12(16)14-11(9)15/h3,5-6H,1-2,4,7-11H2,(H,17,19,20);3,5-6H,1-2,4,7H2,(H,14,15,16). The van der Waals surface area contributed by atoms with Crippen LogP contribution in [0.5, 0.6) is 0 Å². The van der Waals surface area contributed by atoms with Gasteiger partial charge in [-0.05, 0) is 68.3 Å². The number of fused-ring (bicyclic) bond motifs is 2. The Morgan fingerprint density at radius 2 is 1.22 bits per heavy atom. The summed E-state index contributed by atoms with van der Waals surface area (Å²) >= 11 is 3.37. The fourth-order valence-electron chi connectivity index (χ4n) is 4.88. The molecule has 196 valence electrons. The normalized spacial score (nSPS) is 16.6. The molecule has 3 aliphatic heterocycles. The number of unbranched alkanes of at least 4 members (excludes halogenated alkanes) is 2. The van der Waals surface area contributed by atoms with Crippen LogP contribution in [0.2, 0.25) is 0 Å². The molecule has 5 rings (SSSR count). The van der Waals surface area contributed by atoms with E-state index in [9.17, 15) is 19.2 Å². The van der Waals surface area contributed by atoms with Crippen LogP contribution in [0.4, 0.5) is 0 Å². The summed E-state index contributed by atoms with van der Waals surface area (Å²) in [6.07, 6.45) is 5.89. The van der Waals surface area contributed by atoms with Gasteiger partial charge in [-0.15, -0.1) is 0 Å². The van der Waals surface area contributed by atoms with Crippen LogP contribution in [0.3, 0.4) is 0 Å². The van der Waals surface area contributed by atoms with Gasteiger partial charge >= 0.3 is 0 Å². The van der Waals surface area contributed by atoms with Gasteiger partial charge in [0.15, 0.2) is 0 Å². The van der Waals surface area contributed by atoms with Crippen molar-refractivity contribution in [3.8, 4) is 0 Å². The van der Waals surface area contributed by atoms with Crippen molar-refractivity contribution in [2.45, 2.75) is 38.5 Å². The number of rotatable bonds is 9. The first-order chi connectivity index (χ1) is 18.0. The van der Waals surface area contributed by atoms with Crippen LogP contribution >= 0.6 is 15.9 Å². The molecule has 0 radical (unpaired) electrons. The van der Waals surface area contributed by atoms with Crippen molar-refractivity contribution in [1.82, 2.24) is 15.5 Å². The molecule has 3 aliphatic rings. The number of ether oxygens (including phenoxy) is 1. The second-order valence-corrected chi connectivity index (χ2v) is 10.1. The second kappa shape index (κ2) is 13.1. The third-order valence-electron chi connectivity index (χ3n) is 6.80. The molecule has 0 atom stereocenters. The van der Waals surface area contributed by atoms with Gasteiger partial charge < -0.3 is 4.74 Å². The van der Waals surface area contributed by atoms with Gasteiger partial charge in [0, 0.05) is 18.4 Å². The van der Waals surface area contributed by atoms with Crippen molar-refractivity contribution >= 4 is 39.6 Å². The second-order valence-electron chi connectivity index (χ2n) is 9.30. The molecule has 0 aromatic heterocycles. The van der Waals surface area contributed by atoms with Crippen LogP contribution in [0, 0.1) is 0 Å². The number of alkyl halides is 1. The number of benzene rings is 2. The molecule has 2 aromatic rings. The molecule has 0 unspecified atom stereocenters. The predicted molar refractivity (Wildman–Crippen MR) is 143 cm³/mol.